The summed E-state index contributed by atoms with van der Waals surface area (Å²) in [7, 11) is 0. The third-order valence-corrected chi connectivity index (χ3v) is 4.44. The molecule has 1 saturated heterocycles. The summed E-state index contributed by atoms with van der Waals surface area (Å²) < 4.78 is 5.23. The second-order valence-corrected chi connectivity index (χ2v) is 6.64. The van der Waals surface area contributed by atoms with E-state index in [1.165, 1.54) is 64.2 Å². The van der Waals surface area contributed by atoms with Crippen molar-refractivity contribution in [3.05, 3.63) is 0 Å². The van der Waals surface area contributed by atoms with E-state index in [1.54, 1.807) is 5.06 Å². The highest BCUT2D eigenvalue weighted by Gasteiger charge is 2.14. The van der Waals surface area contributed by atoms with E-state index >= 15 is 0 Å². The van der Waals surface area contributed by atoms with Gasteiger partial charge in [0.1, 0.15) is 0 Å². The zero-order valence-electron chi connectivity index (χ0n) is 15.2. The number of hydroxylamine groups is 2. The van der Waals surface area contributed by atoms with Gasteiger partial charge in [-0.15, -0.1) is 5.06 Å². The van der Waals surface area contributed by atoms with E-state index < -0.39 is 0 Å². The molecule has 4 heteroatoms. The maximum atomic E-state index is 11.7. The monoisotopic (exact) mass is 327 g/mol. The quantitative estimate of drug-likeness (QED) is 0.427. The molecule has 1 fully saturated rings. The third-order valence-electron chi connectivity index (χ3n) is 4.44. The third kappa shape index (κ3) is 12.5. The Labute approximate surface area is 142 Å². The molecule has 0 aliphatic carbocycles. The molecule has 0 radical (unpaired) electrons. The first-order valence-corrected chi connectivity index (χ1v) is 9.86. The van der Waals surface area contributed by atoms with E-state index in [9.17, 15) is 4.79 Å². The smallest absolute Gasteiger partial charge is 0.325 e. The average molecular weight is 328 g/mol. The lowest BCUT2D eigenvalue weighted by Crippen LogP contribution is -2.37. The number of morpholine rings is 1. The van der Waals surface area contributed by atoms with Gasteiger partial charge in [0.15, 0.2) is 0 Å². The van der Waals surface area contributed by atoms with Crippen LogP contribution in [0, 0.1) is 0 Å². The maximum absolute atomic E-state index is 11.7. The minimum Gasteiger partial charge on any atom is -0.379 e. The van der Waals surface area contributed by atoms with Crippen LogP contribution in [-0.2, 0) is 14.4 Å². The number of rotatable bonds is 14. The Morgan fingerprint density at radius 1 is 0.826 bits per heavy atom. The van der Waals surface area contributed by atoms with E-state index in [0.29, 0.717) is 32.7 Å². The van der Waals surface area contributed by atoms with Gasteiger partial charge >= 0.3 is 5.97 Å². The van der Waals surface area contributed by atoms with Gasteiger partial charge in [-0.25, -0.2) is 0 Å². The molecular weight excluding hydrogens is 290 g/mol. The molecule has 1 aliphatic heterocycles. The van der Waals surface area contributed by atoms with Gasteiger partial charge in [-0.3, -0.25) is 4.79 Å². The van der Waals surface area contributed by atoms with Crippen LogP contribution < -0.4 is 0 Å². The molecule has 0 aromatic rings. The van der Waals surface area contributed by atoms with E-state index in [4.69, 9.17) is 9.57 Å². The van der Waals surface area contributed by atoms with Crippen molar-refractivity contribution in [1.29, 1.82) is 0 Å². The lowest BCUT2D eigenvalue weighted by molar-refractivity contribution is -0.205. The summed E-state index contributed by atoms with van der Waals surface area (Å²) in [4.78, 5) is 17.0. The van der Waals surface area contributed by atoms with Crippen LogP contribution in [0.4, 0.5) is 0 Å². The van der Waals surface area contributed by atoms with E-state index in [0.717, 1.165) is 12.8 Å². The highest BCUT2D eigenvalue weighted by Crippen LogP contribution is 2.12. The maximum Gasteiger partial charge on any atom is 0.325 e. The van der Waals surface area contributed by atoms with Crippen molar-refractivity contribution in [3.8, 4) is 0 Å². The van der Waals surface area contributed by atoms with E-state index in [2.05, 4.69) is 6.92 Å². The first-order valence-electron chi connectivity index (χ1n) is 9.86. The molecule has 0 atom stereocenters. The first-order chi connectivity index (χ1) is 11.3. The molecule has 136 valence electrons. The predicted octanol–water partition coefficient (Wildman–Crippen LogP) is 4.87. The van der Waals surface area contributed by atoms with Crippen LogP contribution in [0.2, 0.25) is 0 Å². The van der Waals surface area contributed by atoms with Crippen LogP contribution in [0.15, 0.2) is 0 Å². The van der Waals surface area contributed by atoms with Gasteiger partial charge in [0.25, 0.3) is 0 Å². The molecule has 0 unspecified atom stereocenters. The Morgan fingerprint density at radius 2 is 1.30 bits per heavy atom. The molecule has 0 amide bonds. The fourth-order valence-corrected chi connectivity index (χ4v) is 2.94. The predicted molar refractivity (Wildman–Crippen MR) is 94.2 cm³/mol. The topological polar surface area (TPSA) is 38.8 Å². The minimum atomic E-state index is -0.0843. The van der Waals surface area contributed by atoms with Gasteiger partial charge < -0.3 is 9.57 Å². The van der Waals surface area contributed by atoms with Crippen LogP contribution >= 0.6 is 0 Å². The molecule has 0 spiro atoms. The fraction of sp³-hybridized carbons (Fsp3) is 0.947. The van der Waals surface area contributed by atoms with Gasteiger partial charge in [-0.1, -0.05) is 77.6 Å². The zero-order valence-corrected chi connectivity index (χ0v) is 15.2. The van der Waals surface area contributed by atoms with Gasteiger partial charge in [0.2, 0.25) is 0 Å². The normalized spacial score (nSPS) is 15.7. The molecular formula is C19H37NO3. The number of ether oxygens (including phenoxy) is 1. The van der Waals surface area contributed by atoms with Crippen molar-refractivity contribution < 1.29 is 14.4 Å². The molecule has 0 bridgehead atoms. The fourth-order valence-electron chi connectivity index (χ4n) is 2.94. The lowest BCUT2D eigenvalue weighted by Gasteiger charge is -2.24. The van der Waals surface area contributed by atoms with Crippen LogP contribution in [0.25, 0.3) is 0 Å². The molecule has 0 aromatic carbocycles. The van der Waals surface area contributed by atoms with Crippen molar-refractivity contribution in [1.82, 2.24) is 5.06 Å². The Hall–Kier alpha value is -0.610. The van der Waals surface area contributed by atoms with Crippen LogP contribution in [0.3, 0.4) is 0 Å². The molecule has 0 N–H and O–H groups in total. The van der Waals surface area contributed by atoms with Crippen molar-refractivity contribution >= 4 is 5.97 Å². The van der Waals surface area contributed by atoms with Gasteiger partial charge in [0, 0.05) is 6.42 Å². The molecule has 1 aliphatic rings. The number of carbonyl (C=O) groups is 1. The van der Waals surface area contributed by atoms with Gasteiger partial charge in [-0.2, -0.15) is 0 Å². The van der Waals surface area contributed by atoms with Crippen molar-refractivity contribution in [3.63, 3.8) is 0 Å². The van der Waals surface area contributed by atoms with Crippen molar-refractivity contribution in [2.24, 2.45) is 0 Å². The summed E-state index contributed by atoms with van der Waals surface area (Å²) in [6.45, 7) is 4.98. The van der Waals surface area contributed by atoms with Gasteiger partial charge in [0.05, 0.1) is 26.3 Å². The highest BCUT2D eigenvalue weighted by molar-refractivity contribution is 5.68. The number of hydrogen-bond donors (Lipinski definition) is 0. The molecule has 1 rings (SSSR count). The summed E-state index contributed by atoms with van der Waals surface area (Å²) in [5.74, 6) is -0.0843. The SMILES string of the molecule is CCCCCCCCCCCCCCC(=O)ON1CCOCC1. The molecule has 1 heterocycles. The largest absolute Gasteiger partial charge is 0.379 e. The molecule has 23 heavy (non-hydrogen) atoms. The Bertz CT molecular complexity index is 278. The summed E-state index contributed by atoms with van der Waals surface area (Å²) in [6.07, 6.45) is 16.3. The molecule has 0 saturated carbocycles. The highest BCUT2D eigenvalue weighted by atomic mass is 16.7. The van der Waals surface area contributed by atoms with Crippen molar-refractivity contribution in [2.75, 3.05) is 26.3 Å². The Balaban J connectivity index is 1.77. The Morgan fingerprint density at radius 3 is 1.83 bits per heavy atom. The number of carbonyl (C=O) groups excluding carboxylic acids is 1. The van der Waals surface area contributed by atoms with Crippen LogP contribution in [0.5, 0.6) is 0 Å². The Kier molecular flexibility index (Phi) is 13.3. The average Bonchev–Trinajstić information content (AvgIpc) is 2.57. The summed E-state index contributed by atoms with van der Waals surface area (Å²) in [6, 6.07) is 0. The first kappa shape index (κ1) is 20.4. The lowest BCUT2D eigenvalue weighted by atomic mass is 10.0. The summed E-state index contributed by atoms with van der Waals surface area (Å²) in [5.41, 5.74) is 0. The second kappa shape index (κ2) is 14.9. The number of unbranched alkanes of at least 4 members (excludes halogenated alkanes) is 11. The van der Waals surface area contributed by atoms with Crippen LogP contribution in [-0.4, -0.2) is 37.3 Å². The van der Waals surface area contributed by atoms with Crippen LogP contribution in [0.1, 0.15) is 90.4 Å². The molecule has 4 nitrogen and oxygen atoms in total. The van der Waals surface area contributed by atoms with E-state index in [1.807, 2.05) is 0 Å². The number of hydrogen-bond acceptors (Lipinski definition) is 4. The van der Waals surface area contributed by atoms with Gasteiger partial charge in [-0.05, 0) is 6.42 Å². The second-order valence-electron chi connectivity index (χ2n) is 6.64. The van der Waals surface area contributed by atoms with Crippen molar-refractivity contribution in [2.45, 2.75) is 90.4 Å². The minimum absolute atomic E-state index is 0.0843. The number of nitrogens with zero attached hydrogens (tertiary/aromatic N) is 1. The zero-order chi connectivity index (χ0) is 16.6. The summed E-state index contributed by atoms with van der Waals surface area (Å²) in [5, 5.41) is 1.73. The van der Waals surface area contributed by atoms with E-state index in [-0.39, 0.29) is 5.97 Å². The molecule has 0 aromatic heterocycles. The summed E-state index contributed by atoms with van der Waals surface area (Å²) >= 11 is 0. The standard InChI is InChI=1S/C19H37NO3/c1-2-3-4-5-6-7-8-9-10-11-12-13-14-19(21)23-20-15-17-22-18-16-20/h2-18H2,1H3.